The third kappa shape index (κ3) is 9.20. The van der Waals surface area contributed by atoms with Crippen LogP contribution in [-0.2, 0) is 4.79 Å². The third-order valence-corrected chi connectivity index (χ3v) is 5.00. The highest BCUT2D eigenvalue weighted by Crippen LogP contribution is 2.28. The fraction of sp³-hybridized carbons (Fsp3) is 0.667. The minimum absolute atomic E-state index is 0.000950. The Morgan fingerprint density at radius 3 is 2.09 bits per heavy atom. The first-order valence-corrected chi connectivity index (χ1v) is 9.87. The molecule has 0 saturated heterocycles. The Bertz CT molecular complexity index is 415. The van der Waals surface area contributed by atoms with Crippen LogP contribution in [0.4, 0.5) is 0 Å². The van der Waals surface area contributed by atoms with Gasteiger partial charge in [-0.3, -0.25) is 4.79 Å². The van der Waals surface area contributed by atoms with Gasteiger partial charge in [-0.2, -0.15) is 0 Å². The average Bonchev–Trinajstić information content (AvgIpc) is 2.55. The van der Waals surface area contributed by atoms with Gasteiger partial charge in [0.25, 0.3) is 0 Å². The fourth-order valence-corrected chi connectivity index (χ4v) is 3.47. The van der Waals surface area contributed by atoms with E-state index in [9.17, 15) is 4.79 Å². The first-order chi connectivity index (χ1) is 11.1. The Morgan fingerprint density at radius 2 is 1.52 bits per heavy atom. The Balaban J connectivity index is 2.21. The van der Waals surface area contributed by atoms with Crippen molar-refractivity contribution in [2.45, 2.75) is 84.0 Å². The van der Waals surface area contributed by atoms with Crippen LogP contribution in [0.1, 0.15) is 89.5 Å². The second kappa shape index (κ2) is 12.6. The van der Waals surface area contributed by atoms with E-state index in [1.54, 1.807) is 0 Å². The third-order valence-electron chi connectivity index (χ3n) is 4.69. The molecule has 0 heterocycles. The van der Waals surface area contributed by atoms with E-state index in [-0.39, 0.29) is 11.0 Å². The molecule has 2 atom stereocenters. The molecule has 130 valence electrons. The zero-order chi connectivity index (χ0) is 16.9. The van der Waals surface area contributed by atoms with Crippen molar-refractivity contribution in [3.05, 3.63) is 35.9 Å². The molecule has 0 saturated carbocycles. The predicted octanol–water partition coefficient (Wildman–Crippen LogP) is 6.78. The Morgan fingerprint density at radius 1 is 0.957 bits per heavy atom. The minimum Gasteiger partial charge on any atom is -0.287 e. The maximum Gasteiger partial charge on any atom is 0.193 e. The molecule has 2 unspecified atom stereocenters. The van der Waals surface area contributed by atoms with Gasteiger partial charge < -0.3 is 0 Å². The van der Waals surface area contributed by atoms with Crippen LogP contribution in [0.2, 0.25) is 0 Å². The molecule has 0 radical (unpaired) electrons. The van der Waals surface area contributed by atoms with Crippen LogP contribution >= 0.6 is 12.6 Å². The van der Waals surface area contributed by atoms with Crippen LogP contribution in [0.25, 0.3) is 0 Å². The quantitative estimate of drug-likeness (QED) is 0.310. The Labute approximate surface area is 148 Å². The highest BCUT2D eigenvalue weighted by Gasteiger charge is 2.20. The Kier molecular flexibility index (Phi) is 11.1. The molecule has 0 aliphatic carbocycles. The lowest BCUT2D eigenvalue weighted by atomic mass is 9.88. The van der Waals surface area contributed by atoms with Crippen molar-refractivity contribution in [3.8, 4) is 0 Å². The zero-order valence-corrected chi connectivity index (χ0v) is 15.9. The molecule has 1 nitrogen and oxygen atoms in total. The number of unbranched alkanes of at least 4 members (excludes halogenated alkanes) is 7. The lowest BCUT2D eigenvalue weighted by molar-refractivity contribution is -0.112. The lowest BCUT2D eigenvalue weighted by Crippen LogP contribution is -2.11. The van der Waals surface area contributed by atoms with Gasteiger partial charge in [0, 0.05) is 0 Å². The maximum absolute atomic E-state index is 11.8. The number of hydrogen-bond donors (Lipinski definition) is 1. The molecule has 0 fully saturated rings. The molecule has 2 heteroatoms. The first kappa shape index (κ1) is 20.3. The number of carbonyl (C=O) groups excluding carboxylic acids is 1. The van der Waals surface area contributed by atoms with Gasteiger partial charge >= 0.3 is 0 Å². The maximum atomic E-state index is 11.8. The van der Waals surface area contributed by atoms with Crippen molar-refractivity contribution in [2.75, 3.05) is 0 Å². The molecule has 23 heavy (non-hydrogen) atoms. The van der Waals surface area contributed by atoms with Gasteiger partial charge in [0.2, 0.25) is 0 Å². The second-order valence-electron chi connectivity index (χ2n) is 6.91. The summed E-state index contributed by atoms with van der Waals surface area (Å²) in [6, 6.07) is 10.1. The summed E-state index contributed by atoms with van der Waals surface area (Å²) in [5, 5.41) is -0.000950. The lowest BCUT2D eigenvalue weighted by Gasteiger charge is -2.18. The summed E-state index contributed by atoms with van der Waals surface area (Å²) in [7, 11) is 0. The average molecular weight is 335 g/mol. The van der Waals surface area contributed by atoms with Crippen LogP contribution in [0, 0.1) is 5.92 Å². The topological polar surface area (TPSA) is 17.1 Å². The van der Waals surface area contributed by atoms with Crippen LogP contribution in [0.15, 0.2) is 30.3 Å². The molecule has 1 aromatic rings. The van der Waals surface area contributed by atoms with E-state index in [2.05, 4.69) is 26.5 Å². The number of benzene rings is 1. The zero-order valence-electron chi connectivity index (χ0n) is 15.0. The van der Waals surface area contributed by atoms with E-state index in [0.29, 0.717) is 5.92 Å². The van der Waals surface area contributed by atoms with Gasteiger partial charge in [0.1, 0.15) is 0 Å². The monoisotopic (exact) mass is 334 g/mol. The second-order valence-corrected chi connectivity index (χ2v) is 7.35. The summed E-state index contributed by atoms with van der Waals surface area (Å²) >= 11 is 4.11. The van der Waals surface area contributed by atoms with Crippen LogP contribution < -0.4 is 0 Å². The molecule has 1 aromatic carbocycles. The summed E-state index contributed by atoms with van der Waals surface area (Å²) in [5.74, 6) is 0.528. The summed E-state index contributed by atoms with van der Waals surface area (Å²) < 4.78 is 0. The highest BCUT2D eigenvalue weighted by atomic mass is 32.1. The highest BCUT2D eigenvalue weighted by molar-refractivity contribution is 7.96. The van der Waals surface area contributed by atoms with E-state index >= 15 is 0 Å². The van der Waals surface area contributed by atoms with Gasteiger partial charge in [-0.25, -0.2) is 0 Å². The SMILES string of the molecule is CCCCCCCCCCC(C)CC(C(=O)S)c1ccccc1. The summed E-state index contributed by atoms with van der Waals surface area (Å²) in [6.07, 6.45) is 13.0. The van der Waals surface area contributed by atoms with Crippen LogP contribution in [-0.4, -0.2) is 5.12 Å². The molecule has 0 amide bonds. The number of thiol groups is 1. The molecule has 0 spiro atoms. The molecule has 0 aliphatic heterocycles. The molecular formula is C21H34OS. The van der Waals surface area contributed by atoms with E-state index in [4.69, 9.17) is 0 Å². The van der Waals surface area contributed by atoms with Crippen molar-refractivity contribution >= 4 is 17.7 Å². The number of hydrogen-bond acceptors (Lipinski definition) is 1. The molecule has 0 N–H and O–H groups in total. The minimum atomic E-state index is -0.0522. The van der Waals surface area contributed by atoms with E-state index < -0.39 is 0 Å². The van der Waals surface area contributed by atoms with Crippen LogP contribution in [0.3, 0.4) is 0 Å². The van der Waals surface area contributed by atoms with E-state index in [0.717, 1.165) is 12.0 Å². The first-order valence-electron chi connectivity index (χ1n) is 9.42. The standard InChI is InChI=1S/C21H34OS/c1-3-4-5-6-7-8-9-11-14-18(2)17-20(21(22)23)19-15-12-10-13-16-19/h10,12-13,15-16,18,20H,3-9,11,14,17H2,1-2H3,(H,22,23). The summed E-state index contributed by atoms with van der Waals surface area (Å²) in [5.41, 5.74) is 1.11. The smallest absolute Gasteiger partial charge is 0.193 e. The normalized spacial score (nSPS) is 13.7. The largest absolute Gasteiger partial charge is 0.287 e. The van der Waals surface area contributed by atoms with Gasteiger partial charge in [-0.05, 0) is 17.9 Å². The molecule has 0 bridgehead atoms. The van der Waals surface area contributed by atoms with Gasteiger partial charge in [-0.15, -0.1) is 12.6 Å². The number of rotatable bonds is 13. The van der Waals surface area contributed by atoms with Crippen molar-refractivity contribution in [1.29, 1.82) is 0 Å². The van der Waals surface area contributed by atoms with Crippen molar-refractivity contribution in [3.63, 3.8) is 0 Å². The van der Waals surface area contributed by atoms with Crippen molar-refractivity contribution in [2.24, 2.45) is 5.92 Å². The van der Waals surface area contributed by atoms with Gasteiger partial charge in [0.05, 0.1) is 5.92 Å². The van der Waals surface area contributed by atoms with Crippen LogP contribution in [0.5, 0.6) is 0 Å². The van der Waals surface area contributed by atoms with Crippen molar-refractivity contribution < 1.29 is 4.79 Å². The fourth-order valence-electron chi connectivity index (χ4n) is 3.21. The Hall–Kier alpha value is -0.760. The van der Waals surface area contributed by atoms with E-state index in [1.807, 2.05) is 30.3 Å². The number of carbonyl (C=O) groups is 1. The molecule has 1 rings (SSSR count). The molecule has 0 aromatic heterocycles. The summed E-state index contributed by atoms with van der Waals surface area (Å²) in [4.78, 5) is 11.8. The van der Waals surface area contributed by atoms with Gasteiger partial charge in [-0.1, -0.05) is 102 Å². The molecular weight excluding hydrogens is 300 g/mol. The predicted molar refractivity (Wildman–Crippen MR) is 104 cm³/mol. The molecule has 0 aliphatic rings. The van der Waals surface area contributed by atoms with E-state index in [1.165, 1.54) is 57.8 Å². The van der Waals surface area contributed by atoms with Gasteiger partial charge in [0.15, 0.2) is 5.12 Å². The summed E-state index contributed by atoms with van der Waals surface area (Å²) in [6.45, 7) is 4.54. The van der Waals surface area contributed by atoms with Crippen molar-refractivity contribution in [1.82, 2.24) is 0 Å².